The molecule has 2 rings (SSSR count). The molecule has 1 heterocycles. The van der Waals surface area contributed by atoms with Crippen molar-refractivity contribution in [3.05, 3.63) is 35.9 Å². The largest absolute Gasteiger partial charge is 0.479 e. The van der Waals surface area contributed by atoms with E-state index in [1.54, 1.807) is 24.3 Å². The maximum atomic E-state index is 11.7. The zero-order valence-corrected chi connectivity index (χ0v) is 16.2. The van der Waals surface area contributed by atoms with Gasteiger partial charge in [-0.1, -0.05) is 30.3 Å². The van der Waals surface area contributed by atoms with Gasteiger partial charge in [-0.25, -0.2) is 4.79 Å². The molecule has 0 bridgehead atoms. The van der Waals surface area contributed by atoms with Crippen LogP contribution in [0.25, 0.3) is 0 Å². The molecule has 1 fully saturated rings. The number of carbonyl (C=O) groups excluding carboxylic acids is 3. The maximum Gasteiger partial charge on any atom is 0.337 e. The van der Waals surface area contributed by atoms with Crippen molar-refractivity contribution in [2.24, 2.45) is 0 Å². The molecule has 0 aromatic heterocycles. The van der Waals surface area contributed by atoms with Crippen molar-refractivity contribution in [1.29, 1.82) is 0 Å². The fourth-order valence-electron chi connectivity index (χ4n) is 2.97. The summed E-state index contributed by atoms with van der Waals surface area (Å²) < 4.78 is 21.5. The summed E-state index contributed by atoms with van der Waals surface area (Å²) >= 11 is 0. The van der Waals surface area contributed by atoms with Crippen molar-refractivity contribution in [3.63, 3.8) is 0 Å². The highest BCUT2D eigenvalue weighted by Gasteiger charge is 2.53. The zero-order chi connectivity index (χ0) is 21.6. The highest BCUT2D eigenvalue weighted by Crippen LogP contribution is 2.28. The van der Waals surface area contributed by atoms with Crippen LogP contribution in [-0.4, -0.2) is 59.6 Å². The van der Waals surface area contributed by atoms with E-state index >= 15 is 0 Å². The first kappa shape index (κ1) is 22.3. The molecular formula is C19H23NO9. The molecule has 5 atom stereocenters. The third-order valence-electron chi connectivity index (χ3n) is 4.02. The van der Waals surface area contributed by atoms with Gasteiger partial charge in [0, 0.05) is 20.8 Å². The summed E-state index contributed by atoms with van der Waals surface area (Å²) in [5, 5.41) is 12.1. The zero-order valence-electron chi connectivity index (χ0n) is 16.2. The van der Waals surface area contributed by atoms with E-state index in [2.05, 4.69) is 5.32 Å². The van der Waals surface area contributed by atoms with Crippen LogP contribution < -0.4 is 5.32 Å². The number of carboxylic acids is 1. The average molecular weight is 409 g/mol. The topological polar surface area (TPSA) is 137 Å². The number of esters is 2. The molecule has 2 N–H and O–H groups in total. The summed E-state index contributed by atoms with van der Waals surface area (Å²) in [7, 11) is 0. The molecule has 1 aliphatic rings. The van der Waals surface area contributed by atoms with Gasteiger partial charge in [0.25, 0.3) is 0 Å². The summed E-state index contributed by atoms with van der Waals surface area (Å²) in [5.41, 5.74) is 0.774. The Morgan fingerprint density at radius 3 is 2.10 bits per heavy atom. The van der Waals surface area contributed by atoms with Crippen LogP contribution in [0.3, 0.4) is 0 Å². The molecule has 10 heteroatoms. The van der Waals surface area contributed by atoms with E-state index in [9.17, 15) is 24.3 Å². The van der Waals surface area contributed by atoms with Gasteiger partial charge in [0.15, 0.2) is 24.6 Å². The van der Waals surface area contributed by atoms with Crippen molar-refractivity contribution in [3.8, 4) is 0 Å². The second-order valence-electron chi connectivity index (χ2n) is 6.43. The van der Waals surface area contributed by atoms with E-state index < -0.39 is 54.5 Å². The Kier molecular flexibility index (Phi) is 7.68. The van der Waals surface area contributed by atoms with Gasteiger partial charge in [-0.15, -0.1) is 0 Å². The van der Waals surface area contributed by atoms with Crippen LogP contribution in [0.5, 0.6) is 0 Å². The molecule has 158 valence electrons. The van der Waals surface area contributed by atoms with E-state index in [0.717, 1.165) is 19.4 Å². The van der Waals surface area contributed by atoms with Gasteiger partial charge in [0.2, 0.25) is 5.91 Å². The Balaban J connectivity index is 2.36. The number of hydrogen-bond acceptors (Lipinski definition) is 8. The highest BCUT2D eigenvalue weighted by molar-refractivity contribution is 5.76. The number of aliphatic carboxylic acids is 1. The standard InChI is InChI=1S/C19H23NO9/c1-10(21)20-14-15(27-11(2)22)16(28-12(3)23)17(18(24)25)29-19(14)26-9-13-7-5-4-6-8-13/h4-8,14-17,19H,9H2,1-3H3,(H,20,21)(H,24,25)/t14-,15-,16-,17-,19+/m0/s1. The molecular weight excluding hydrogens is 386 g/mol. The van der Waals surface area contributed by atoms with Crippen LogP contribution in [0.2, 0.25) is 0 Å². The van der Waals surface area contributed by atoms with E-state index in [4.69, 9.17) is 18.9 Å². The third kappa shape index (κ3) is 6.26. The van der Waals surface area contributed by atoms with Gasteiger partial charge in [-0.3, -0.25) is 14.4 Å². The maximum absolute atomic E-state index is 11.7. The first-order valence-corrected chi connectivity index (χ1v) is 8.84. The summed E-state index contributed by atoms with van der Waals surface area (Å²) in [6.07, 6.45) is -5.77. The fourth-order valence-corrected chi connectivity index (χ4v) is 2.97. The predicted molar refractivity (Wildman–Crippen MR) is 96.2 cm³/mol. The Morgan fingerprint density at radius 1 is 1.00 bits per heavy atom. The molecule has 0 saturated carbocycles. The monoisotopic (exact) mass is 409 g/mol. The first-order valence-electron chi connectivity index (χ1n) is 8.84. The second kappa shape index (κ2) is 9.99. The van der Waals surface area contributed by atoms with Crippen molar-refractivity contribution in [1.82, 2.24) is 5.32 Å². The van der Waals surface area contributed by atoms with Gasteiger partial charge < -0.3 is 29.4 Å². The van der Waals surface area contributed by atoms with Crippen molar-refractivity contribution in [2.75, 3.05) is 0 Å². The van der Waals surface area contributed by atoms with Crippen molar-refractivity contribution >= 4 is 23.8 Å². The minimum absolute atomic E-state index is 0.0406. The van der Waals surface area contributed by atoms with Gasteiger partial charge in [-0.2, -0.15) is 0 Å². The number of amides is 1. The summed E-state index contributed by atoms with van der Waals surface area (Å²) in [5.74, 6) is -3.50. The number of carboxylic acid groups (broad SMARTS) is 1. The first-order chi connectivity index (χ1) is 13.7. The van der Waals surface area contributed by atoms with Crippen LogP contribution in [0.15, 0.2) is 30.3 Å². The third-order valence-corrected chi connectivity index (χ3v) is 4.02. The molecule has 1 saturated heterocycles. The van der Waals surface area contributed by atoms with Crippen molar-refractivity contribution < 1.29 is 43.2 Å². The lowest BCUT2D eigenvalue weighted by Gasteiger charge is -2.43. The van der Waals surface area contributed by atoms with Crippen LogP contribution in [-0.2, 0) is 44.7 Å². The summed E-state index contributed by atoms with van der Waals surface area (Å²) in [6.45, 7) is 3.46. The van der Waals surface area contributed by atoms with Crippen LogP contribution in [0.1, 0.15) is 26.3 Å². The summed E-state index contributed by atoms with van der Waals surface area (Å²) in [4.78, 5) is 46.6. The van der Waals surface area contributed by atoms with E-state index in [1.165, 1.54) is 6.92 Å². The Labute approximate surface area is 167 Å². The SMILES string of the molecule is CC(=O)N[C@@H]1[C@H](OCc2ccccc2)O[C@H](C(=O)O)[C@@H](OC(C)=O)[C@H]1OC(C)=O. The molecule has 0 spiro atoms. The fraction of sp³-hybridized carbons (Fsp3) is 0.474. The average Bonchev–Trinajstić information content (AvgIpc) is 2.63. The van der Waals surface area contributed by atoms with Crippen LogP contribution in [0, 0.1) is 0 Å². The number of ether oxygens (including phenoxy) is 4. The Morgan fingerprint density at radius 2 is 1.59 bits per heavy atom. The minimum atomic E-state index is -1.67. The predicted octanol–water partition coefficient (Wildman–Crippen LogP) is 0.381. The van der Waals surface area contributed by atoms with E-state index in [0.29, 0.717) is 0 Å². The van der Waals surface area contributed by atoms with Gasteiger partial charge in [0.05, 0.1) is 6.61 Å². The lowest BCUT2D eigenvalue weighted by atomic mass is 9.95. The molecule has 10 nitrogen and oxygen atoms in total. The molecule has 0 radical (unpaired) electrons. The molecule has 1 aromatic carbocycles. The highest BCUT2D eigenvalue weighted by atomic mass is 16.7. The second-order valence-corrected chi connectivity index (χ2v) is 6.43. The summed E-state index contributed by atoms with van der Waals surface area (Å²) in [6, 6.07) is 7.88. The Hall–Kier alpha value is -2.98. The smallest absolute Gasteiger partial charge is 0.337 e. The number of nitrogens with one attached hydrogen (secondary N) is 1. The molecule has 1 aliphatic heterocycles. The minimum Gasteiger partial charge on any atom is -0.479 e. The molecule has 0 unspecified atom stereocenters. The normalized spacial score (nSPS) is 26.2. The lowest BCUT2D eigenvalue weighted by Crippen LogP contribution is -2.67. The van der Waals surface area contributed by atoms with Gasteiger partial charge in [-0.05, 0) is 5.56 Å². The van der Waals surface area contributed by atoms with E-state index in [1.807, 2.05) is 6.07 Å². The lowest BCUT2D eigenvalue weighted by molar-refractivity contribution is -0.273. The van der Waals surface area contributed by atoms with E-state index in [-0.39, 0.29) is 6.61 Å². The van der Waals surface area contributed by atoms with Gasteiger partial charge in [0.1, 0.15) is 6.04 Å². The molecule has 1 aromatic rings. The number of carbonyl (C=O) groups is 4. The van der Waals surface area contributed by atoms with Crippen LogP contribution in [0.4, 0.5) is 0 Å². The molecule has 0 aliphatic carbocycles. The van der Waals surface area contributed by atoms with Gasteiger partial charge >= 0.3 is 17.9 Å². The number of hydrogen-bond donors (Lipinski definition) is 2. The number of rotatable bonds is 7. The molecule has 1 amide bonds. The molecule has 29 heavy (non-hydrogen) atoms. The Bertz CT molecular complexity index is 751. The van der Waals surface area contributed by atoms with Crippen LogP contribution >= 0.6 is 0 Å². The quantitative estimate of drug-likeness (QED) is 0.612. The van der Waals surface area contributed by atoms with Crippen molar-refractivity contribution in [2.45, 2.75) is 58.0 Å². The number of benzene rings is 1.